The molecule has 2 saturated heterocycles. The summed E-state index contributed by atoms with van der Waals surface area (Å²) >= 11 is 0. The van der Waals surface area contributed by atoms with Gasteiger partial charge in [0.05, 0.1) is 0 Å². The molecule has 0 aliphatic carbocycles. The van der Waals surface area contributed by atoms with Crippen molar-refractivity contribution in [3.05, 3.63) is 47.1 Å². The van der Waals surface area contributed by atoms with Gasteiger partial charge in [-0.2, -0.15) is 4.31 Å². The predicted octanol–water partition coefficient (Wildman–Crippen LogP) is 2.70. The molecule has 4 rings (SSSR count). The molecule has 180 valence electrons. The average Bonchev–Trinajstić information content (AvgIpc) is 3.16. The highest BCUT2D eigenvalue weighted by Crippen LogP contribution is 2.35. The average molecular weight is 480 g/mol. The van der Waals surface area contributed by atoms with E-state index in [1.807, 2.05) is 6.07 Å². The number of hydrogen-bond acceptors (Lipinski definition) is 6. The normalized spacial score (nSPS) is 20.0. The van der Waals surface area contributed by atoms with E-state index in [2.05, 4.69) is 10.5 Å². The molecule has 0 atom stereocenters. The molecule has 0 unspecified atom stereocenters. The highest BCUT2D eigenvalue weighted by Gasteiger charge is 2.38. The maximum absolute atomic E-state index is 13.9. The van der Waals surface area contributed by atoms with Crippen molar-refractivity contribution in [2.24, 2.45) is 5.92 Å². The minimum Gasteiger partial charge on any atom is -0.381 e. The first-order valence-corrected chi connectivity index (χ1v) is 12.7. The summed E-state index contributed by atoms with van der Waals surface area (Å²) in [7, 11) is -3.71. The van der Waals surface area contributed by atoms with E-state index in [4.69, 9.17) is 9.26 Å². The van der Waals surface area contributed by atoms with Gasteiger partial charge in [-0.1, -0.05) is 17.3 Å². The number of carbonyl (C=O) groups excluding carboxylic acids is 1. The maximum atomic E-state index is 13.9. The quantitative estimate of drug-likeness (QED) is 0.684. The van der Waals surface area contributed by atoms with Gasteiger partial charge in [-0.15, -0.1) is 0 Å². The van der Waals surface area contributed by atoms with Crippen LogP contribution in [0.5, 0.6) is 0 Å². The smallest absolute Gasteiger partial charge is 0.248 e. The number of amides is 1. The van der Waals surface area contributed by atoms with Crippen LogP contribution in [0.25, 0.3) is 0 Å². The van der Waals surface area contributed by atoms with Crippen molar-refractivity contribution in [1.82, 2.24) is 14.8 Å². The van der Waals surface area contributed by atoms with E-state index >= 15 is 0 Å². The van der Waals surface area contributed by atoms with Crippen molar-refractivity contribution in [2.75, 3.05) is 32.8 Å². The third-order valence-electron chi connectivity index (χ3n) is 6.88. The number of hydrogen-bond donors (Lipinski definition) is 1. The molecule has 0 bridgehead atoms. The topological polar surface area (TPSA) is 102 Å². The molecule has 2 aromatic rings. The second kappa shape index (κ2) is 9.52. The first-order chi connectivity index (χ1) is 15.7. The van der Waals surface area contributed by atoms with Crippen LogP contribution in [0.2, 0.25) is 0 Å². The highest BCUT2D eigenvalue weighted by atomic mass is 32.2. The van der Waals surface area contributed by atoms with Crippen molar-refractivity contribution in [2.45, 2.75) is 49.8 Å². The van der Waals surface area contributed by atoms with Crippen LogP contribution in [-0.2, 0) is 25.0 Å². The minimum absolute atomic E-state index is 0.0911. The Kier molecular flexibility index (Phi) is 6.88. The zero-order valence-electron chi connectivity index (χ0n) is 19.0. The van der Waals surface area contributed by atoms with Crippen LogP contribution in [-0.4, -0.2) is 56.6 Å². The molecular formula is C23H30FN3O5S. The van der Waals surface area contributed by atoms with E-state index in [0.29, 0.717) is 51.1 Å². The van der Waals surface area contributed by atoms with Crippen molar-refractivity contribution >= 4 is 15.9 Å². The van der Waals surface area contributed by atoms with E-state index in [1.54, 1.807) is 19.9 Å². The lowest BCUT2D eigenvalue weighted by Crippen LogP contribution is -2.48. The van der Waals surface area contributed by atoms with Gasteiger partial charge in [0.15, 0.2) is 5.76 Å². The number of nitrogens with one attached hydrogen (secondary N) is 1. The van der Waals surface area contributed by atoms with Crippen molar-refractivity contribution < 1.29 is 26.9 Å². The van der Waals surface area contributed by atoms with E-state index < -0.39 is 10.0 Å². The van der Waals surface area contributed by atoms with Gasteiger partial charge in [-0.3, -0.25) is 4.79 Å². The van der Waals surface area contributed by atoms with E-state index in [1.165, 1.54) is 16.4 Å². The molecule has 2 aliphatic heterocycles. The van der Waals surface area contributed by atoms with Crippen LogP contribution in [0.3, 0.4) is 0 Å². The lowest BCUT2D eigenvalue weighted by atomic mass is 9.74. The number of sulfonamides is 1. The lowest BCUT2D eigenvalue weighted by molar-refractivity contribution is -0.126. The molecule has 1 amide bonds. The third-order valence-corrected chi connectivity index (χ3v) is 9.02. The first kappa shape index (κ1) is 23.8. The molecule has 0 spiro atoms. The second-order valence-electron chi connectivity index (χ2n) is 8.95. The van der Waals surface area contributed by atoms with Gasteiger partial charge in [0.2, 0.25) is 15.9 Å². The van der Waals surface area contributed by atoms with E-state index in [-0.39, 0.29) is 46.8 Å². The van der Waals surface area contributed by atoms with Crippen LogP contribution in [0.1, 0.15) is 42.7 Å². The SMILES string of the molecule is Cc1noc(C)c1S(=O)(=O)N1CCC(C(=O)NCC2(c3cccc(F)c3)CCOCC2)CC1. The number of benzene rings is 1. The summed E-state index contributed by atoms with van der Waals surface area (Å²) in [6.45, 7) is 5.22. The minimum atomic E-state index is -3.71. The van der Waals surface area contributed by atoms with Gasteiger partial charge in [-0.25, -0.2) is 12.8 Å². The number of ether oxygens (including phenoxy) is 1. The Bertz CT molecular complexity index is 1080. The number of piperidine rings is 1. The summed E-state index contributed by atoms with van der Waals surface area (Å²) in [4.78, 5) is 13.1. The summed E-state index contributed by atoms with van der Waals surface area (Å²) in [5.41, 5.74) is 0.835. The molecule has 2 aliphatic rings. The molecule has 8 nitrogen and oxygen atoms in total. The Labute approximate surface area is 193 Å². The molecule has 2 fully saturated rings. The lowest BCUT2D eigenvalue weighted by Gasteiger charge is -2.38. The number of aryl methyl sites for hydroxylation is 2. The zero-order valence-corrected chi connectivity index (χ0v) is 19.8. The standard InChI is InChI=1S/C23H30FN3O5S/c1-16-21(17(2)32-26-16)33(29,30)27-10-6-18(7-11-27)22(28)25-15-23(8-12-31-13-9-23)19-4-3-5-20(24)14-19/h3-5,14,18H,6-13,15H2,1-2H3,(H,25,28). The van der Waals surface area contributed by atoms with Gasteiger partial charge in [0.1, 0.15) is 16.4 Å². The molecule has 0 radical (unpaired) electrons. The highest BCUT2D eigenvalue weighted by molar-refractivity contribution is 7.89. The Morgan fingerprint density at radius 3 is 2.55 bits per heavy atom. The summed E-state index contributed by atoms with van der Waals surface area (Å²) in [6.07, 6.45) is 2.27. The number of aromatic nitrogens is 1. The van der Waals surface area contributed by atoms with Crippen molar-refractivity contribution in [1.29, 1.82) is 0 Å². The fourth-order valence-electron chi connectivity index (χ4n) is 4.88. The number of rotatable bonds is 6. The monoisotopic (exact) mass is 479 g/mol. The van der Waals surface area contributed by atoms with Crippen LogP contribution in [0.15, 0.2) is 33.7 Å². The molecular weight excluding hydrogens is 449 g/mol. The summed E-state index contributed by atoms with van der Waals surface area (Å²) in [5, 5.41) is 6.82. The third kappa shape index (κ3) is 4.83. The van der Waals surface area contributed by atoms with Crippen molar-refractivity contribution in [3.8, 4) is 0 Å². The largest absolute Gasteiger partial charge is 0.381 e. The zero-order chi connectivity index (χ0) is 23.6. The fraction of sp³-hybridized carbons (Fsp3) is 0.565. The predicted molar refractivity (Wildman–Crippen MR) is 119 cm³/mol. The van der Waals surface area contributed by atoms with Crippen LogP contribution in [0, 0.1) is 25.6 Å². The number of nitrogens with zero attached hydrogens (tertiary/aromatic N) is 2. The molecule has 1 N–H and O–H groups in total. The molecule has 3 heterocycles. The number of carbonyl (C=O) groups is 1. The Hall–Kier alpha value is -2.30. The summed E-state index contributed by atoms with van der Waals surface area (Å²) in [6, 6.07) is 6.55. The van der Waals surface area contributed by atoms with Crippen LogP contribution >= 0.6 is 0 Å². The Morgan fingerprint density at radius 2 is 1.94 bits per heavy atom. The summed E-state index contributed by atoms with van der Waals surface area (Å²) < 4.78 is 51.8. The maximum Gasteiger partial charge on any atom is 0.248 e. The molecule has 1 aromatic carbocycles. The first-order valence-electron chi connectivity index (χ1n) is 11.3. The van der Waals surface area contributed by atoms with Gasteiger partial charge < -0.3 is 14.6 Å². The van der Waals surface area contributed by atoms with Gasteiger partial charge in [0, 0.05) is 44.2 Å². The molecule has 0 saturated carbocycles. The second-order valence-corrected chi connectivity index (χ2v) is 10.8. The van der Waals surface area contributed by atoms with Gasteiger partial charge in [-0.05, 0) is 57.2 Å². The van der Waals surface area contributed by atoms with E-state index in [0.717, 1.165) is 5.56 Å². The van der Waals surface area contributed by atoms with Gasteiger partial charge in [0.25, 0.3) is 0 Å². The number of halogens is 1. The molecule has 1 aromatic heterocycles. The van der Waals surface area contributed by atoms with Gasteiger partial charge >= 0.3 is 0 Å². The fourth-order valence-corrected chi connectivity index (χ4v) is 6.64. The van der Waals surface area contributed by atoms with Crippen molar-refractivity contribution in [3.63, 3.8) is 0 Å². The van der Waals surface area contributed by atoms with Crippen LogP contribution in [0.4, 0.5) is 4.39 Å². The Balaban J connectivity index is 1.39. The Morgan fingerprint density at radius 1 is 1.24 bits per heavy atom. The molecule has 10 heteroatoms. The molecule has 33 heavy (non-hydrogen) atoms. The van der Waals surface area contributed by atoms with Crippen LogP contribution < -0.4 is 5.32 Å². The van der Waals surface area contributed by atoms with E-state index in [9.17, 15) is 17.6 Å². The summed E-state index contributed by atoms with van der Waals surface area (Å²) in [5.74, 6) is -0.389.